The van der Waals surface area contributed by atoms with Gasteiger partial charge in [0.2, 0.25) is 0 Å². The van der Waals surface area contributed by atoms with Crippen molar-refractivity contribution in [2.24, 2.45) is 0 Å². The largest absolute Gasteiger partial charge is 0.311 e. The zero-order chi connectivity index (χ0) is 14.5. The van der Waals surface area contributed by atoms with Crippen molar-refractivity contribution in [3.63, 3.8) is 0 Å². The predicted octanol–water partition coefficient (Wildman–Crippen LogP) is 3.16. The lowest BCUT2D eigenvalue weighted by Gasteiger charge is -2.38. The number of nitrogens with one attached hydrogen (secondary N) is 1. The molecule has 1 saturated heterocycles. The molecule has 1 N–H and O–H groups in total. The summed E-state index contributed by atoms with van der Waals surface area (Å²) in [7, 11) is 0. The van der Waals surface area contributed by atoms with Crippen LogP contribution in [0.2, 0.25) is 0 Å². The molecular formula is C16H26BrN3S. The minimum atomic E-state index is 0.905. The minimum Gasteiger partial charge on any atom is -0.311 e. The molecule has 3 nitrogen and oxygen atoms in total. The zero-order valence-corrected chi connectivity index (χ0v) is 15.1. The maximum atomic E-state index is 3.56. The summed E-state index contributed by atoms with van der Waals surface area (Å²) >= 11 is 5.33. The normalized spacial score (nSPS) is 22.1. The van der Waals surface area contributed by atoms with Gasteiger partial charge in [0.1, 0.15) is 0 Å². The summed E-state index contributed by atoms with van der Waals surface area (Å²) in [6.45, 7) is 8.35. The van der Waals surface area contributed by atoms with Gasteiger partial charge in [-0.15, -0.1) is 11.3 Å². The fraction of sp³-hybridized carbons (Fsp3) is 0.750. The Morgan fingerprint density at radius 2 is 1.95 bits per heavy atom. The van der Waals surface area contributed by atoms with Gasteiger partial charge in [0, 0.05) is 66.6 Å². The molecule has 1 aromatic rings. The van der Waals surface area contributed by atoms with E-state index in [9.17, 15) is 0 Å². The highest BCUT2D eigenvalue weighted by molar-refractivity contribution is 9.10. The number of halogens is 1. The summed E-state index contributed by atoms with van der Waals surface area (Å²) in [5.74, 6) is 0. The molecule has 3 rings (SSSR count). The van der Waals surface area contributed by atoms with E-state index in [2.05, 4.69) is 42.5 Å². The predicted molar refractivity (Wildman–Crippen MR) is 94.0 cm³/mol. The van der Waals surface area contributed by atoms with Gasteiger partial charge in [-0.05, 0) is 34.8 Å². The summed E-state index contributed by atoms with van der Waals surface area (Å²) in [5.41, 5.74) is 0. The van der Waals surface area contributed by atoms with Crippen LogP contribution in [0.1, 0.15) is 30.6 Å². The first-order valence-corrected chi connectivity index (χ1v) is 9.88. The van der Waals surface area contributed by atoms with E-state index in [1.165, 1.54) is 67.8 Å². The number of piperazine rings is 1. The van der Waals surface area contributed by atoms with Gasteiger partial charge >= 0.3 is 0 Å². The fourth-order valence-corrected chi connectivity index (χ4v) is 4.94. The van der Waals surface area contributed by atoms with E-state index in [-0.39, 0.29) is 0 Å². The Balaban J connectivity index is 1.28. The van der Waals surface area contributed by atoms with Crippen LogP contribution in [0.15, 0.2) is 15.9 Å². The van der Waals surface area contributed by atoms with Crippen LogP contribution in [0.4, 0.5) is 0 Å². The molecule has 118 valence electrons. The Morgan fingerprint density at radius 1 is 1.19 bits per heavy atom. The van der Waals surface area contributed by atoms with E-state index in [4.69, 9.17) is 0 Å². The average molecular weight is 372 g/mol. The van der Waals surface area contributed by atoms with Crippen molar-refractivity contribution in [2.45, 2.75) is 38.3 Å². The third kappa shape index (κ3) is 4.76. The van der Waals surface area contributed by atoms with Crippen molar-refractivity contribution in [2.75, 3.05) is 39.3 Å². The number of hydrogen-bond donors (Lipinski definition) is 1. The molecule has 1 aromatic heterocycles. The first-order chi connectivity index (χ1) is 10.3. The highest BCUT2D eigenvalue weighted by atomic mass is 79.9. The maximum Gasteiger partial charge on any atom is 0.0300 e. The lowest BCUT2D eigenvalue weighted by atomic mass is 10.2. The Labute approximate surface area is 140 Å². The van der Waals surface area contributed by atoms with Crippen LogP contribution >= 0.6 is 27.3 Å². The van der Waals surface area contributed by atoms with Crippen molar-refractivity contribution < 1.29 is 0 Å². The Bertz CT molecular complexity index is 423. The molecular weight excluding hydrogens is 346 g/mol. The van der Waals surface area contributed by atoms with Gasteiger partial charge in [0.15, 0.2) is 0 Å². The third-order valence-corrected chi connectivity index (χ3v) is 6.47. The van der Waals surface area contributed by atoms with Gasteiger partial charge in [-0.1, -0.05) is 12.8 Å². The van der Waals surface area contributed by atoms with E-state index < -0.39 is 0 Å². The highest BCUT2D eigenvalue weighted by Crippen LogP contribution is 2.24. The molecule has 1 aliphatic heterocycles. The molecule has 0 unspecified atom stereocenters. The molecule has 2 fully saturated rings. The first kappa shape index (κ1) is 15.9. The first-order valence-electron chi connectivity index (χ1n) is 8.21. The molecule has 0 atom stereocenters. The van der Waals surface area contributed by atoms with Crippen LogP contribution in [0.25, 0.3) is 0 Å². The second kappa shape index (κ2) is 8.06. The summed E-state index contributed by atoms with van der Waals surface area (Å²) < 4.78 is 1.20. The quantitative estimate of drug-likeness (QED) is 0.774. The molecule has 2 aliphatic rings. The molecule has 0 radical (unpaired) electrons. The van der Waals surface area contributed by atoms with Crippen LogP contribution in [-0.4, -0.2) is 55.1 Å². The van der Waals surface area contributed by atoms with Crippen LogP contribution in [0.5, 0.6) is 0 Å². The molecule has 21 heavy (non-hydrogen) atoms. The molecule has 0 amide bonds. The Morgan fingerprint density at radius 3 is 2.62 bits per heavy atom. The van der Waals surface area contributed by atoms with E-state index in [0.717, 1.165) is 19.1 Å². The molecule has 0 spiro atoms. The molecule has 5 heteroatoms. The Hall–Kier alpha value is 0.0600. The molecule has 2 heterocycles. The number of rotatable bonds is 6. The van der Waals surface area contributed by atoms with Gasteiger partial charge in [0.05, 0.1) is 0 Å². The van der Waals surface area contributed by atoms with Crippen molar-refractivity contribution in [3.05, 3.63) is 20.8 Å². The van der Waals surface area contributed by atoms with E-state index in [0.29, 0.717) is 0 Å². The fourth-order valence-electron chi connectivity index (χ4n) is 3.52. The third-order valence-electron chi connectivity index (χ3n) is 4.77. The molecule has 0 aromatic carbocycles. The number of thiophene rings is 1. The topological polar surface area (TPSA) is 18.5 Å². The molecule has 0 bridgehead atoms. The minimum absolute atomic E-state index is 0.905. The summed E-state index contributed by atoms with van der Waals surface area (Å²) in [6, 6.07) is 3.11. The van der Waals surface area contributed by atoms with Crippen LogP contribution in [0.3, 0.4) is 0 Å². The van der Waals surface area contributed by atoms with E-state index in [1.807, 2.05) is 11.3 Å². The SMILES string of the molecule is Brc1csc(CNCCN2CCN(C3CCCC3)CC2)c1. The van der Waals surface area contributed by atoms with E-state index >= 15 is 0 Å². The van der Waals surface area contributed by atoms with Crippen LogP contribution in [-0.2, 0) is 6.54 Å². The van der Waals surface area contributed by atoms with Gasteiger partial charge in [-0.3, -0.25) is 9.80 Å². The van der Waals surface area contributed by atoms with Crippen molar-refractivity contribution in [3.8, 4) is 0 Å². The lowest BCUT2D eigenvalue weighted by Crippen LogP contribution is -2.50. The van der Waals surface area contributed by atoms with Gasteiger partial charge in [0.25, 0.3) is 0 Å². The summed E-state index contributed by atoms with van der Waals surface area (Å²) in [5, 5.41) is 5.71. The second-order valence-electron chi connectivity index (χ2n) is 6.22. The van der Waals surface area contributed by atoms with Gasteiger partial charge < -0.3 is 5.32 Å². The Kier molecular flexibility index (Phi) is 6.12. The lowest BCUT2D eigenvalue weighted by molar-refractivity contribution is 0.0984. The van der Waals surface area contributed by atoms with Crippen LogP contribution in [0, 0.1) is 0 Å². The average Bonchev–Trinajstić information content (AvgIpc) is 3.16. The maximum absolute atomic E-state index is 3.56. The zero-order valence-electron chi connectivity index (χ0n) is 12.7. The monoisotopic (exact) mass is 371 g/mol. The second-order valence-corrected chi connectivity index (χ2v) is 8.14. The van der Waals surface area contributed by atoms with E-state index in [1.54, 1.807) is 0 Å². The standard InChI is InChI=1S/C16H26BrN3S/c17-14-11-16(21-13-14)12-18-5-6-19-7-9-20(10-8-19)15-3-1-2-4-15/h11,13,15,18H,1-10,12H2. The molecule has 1 aliphatic carbocycles. The highest BCUT2D eigenvalue weighted by Gasteiger charge is 2.25. The summed E-state index contributed by atoms with van der Waals surface area (Å²) in [6.07, 6.45) is 5.79. The van der Waals surface area contributed by atoms with Crippen molar-refractivity contribution in [1.82, 2.24) is 15.1 Å². The molecule has 1 saturated carbocycles. The number of hydrogen-bond acceptors (Lipinski definition) is 4. The van der Waals surface area contributed by atoms with Gasteiger partial charge in [-0.25, -0.2) is 0 Å². The van der Waals surface area contributed by atoms with Crippen molar-refractivity contribution >= 4 is 27.3 Å². The van der Waals surface area contributed by atoms with Gasteiger partial charge in [-0.2, -0.15) is 0 Å². The van der Waals surface area contributed by atoms with Crippen molar-refractivity contribution in [1.29, 1.82) is 0 Å². The van der Waals surface area contributed by atoms with Crippen LogP contribution < -0.4 is 5.32 Å². The number of nitrogens with zero attached hydrogens (tertiary/aromatic N) is 2. The summed E-state index contributed by atoms with van der Waals surface area (Å²) in [4.78, 5) is 6.76. The smallest absolute Gasteiger partial charge is 0.0300 e.